The fourth-order valence-corrected chi connectivity index (χ4v) is 0.980. The number of halogens is 2. The van der Waals surface area contributed by atoms with Crippen molar-refractivity contribution in [3.63, 3.8) is 0 Å². The first-order valence-electron chi connectivity index (χ1n) is 4.34. The van der Waals surface area contributed by atoms with Crippen molar-refractivity contribution in [3.8, 4) is 0 Å². The molecule has 1 aromatic rings. The highest BCUT2D eigenvalue weighted by Gasteiger charge is 2.02. The normalized spacial score (nSPS) is 8.71. The van der Waals surface area contributed by atoms with E-state index >= 15 is 0 Å². The Hall–Kier alpha value is -0.610. The maximum atomic E-state index is 5.71. The fraction of sp³-hybridized carbons (Fsp3) is 0.625. The molecule has 6 heteroatoms. The van der Waals surface area contributed by atoms with Gasteiger partial charge in [-0.1, -0.05) is 6.92 Å². The van der Waals surface area contributed by atoms with E-state index in [-0.39, 0.29) is 24.8 Å². The summed E-state index contributed by atoms with van der Waals surface area (Å²) in [4.78, 5) is 0. The number of aromatic nitrogens is 2. The summed E-state index contributed by atoms with van der Waals surface area (Å²) in [6.45, 7) is 5.93. The Morgan fingerprint density at radius 1 is 1.43 bits per heavy atom. The van der Waals surface area contributed by atoms with Gasteiger partial charge in [-0.3, -0.25) is 4.68 Å². The molecule has 0 amide bonds. The second-order valence-corrected chi connectivity index (χ2v) is 2.72. The lowest BCUT2D eigenvalue weighted by Crippen LogP contribution is -2.03. The molecule has 0 atom stereocenters. The number of nitrogens with two attached hydrogens (primary N) is 1. The molecule has 0 aliphatic rings. The minimum atomic E-state index is 0. The van der Waals surface area contributed by atoms with Crippen LogP contribution in [-0.4, -0.2) is 16.3 Å². The number of hydrogen-bond donors (Lipinski definition) is 2. The Morgan fingerprint density at radius 3 is 2.50 bits per heavy atom. The van der Waals surface area contributed by atoms with E-state index < -0.39 is 0 Å². The number of rotatable bonds is 4. The van der Waals surface area contributed by atoms with Gasteiger partial charge in [0, 0.05) is 13.1 Å². The smallest absolute Gasteiger partial charge is 0.171 e. The molecule has 14 heavy (non-hydrogen) atoms. The highest BCUT2D eigenvalue weighted by atomic mass is 35.5. The third-order valence-corrected chi connectivity index (χ3v) is 1.66. The van der Waals surface area contributed by atoms with E-state index in [1.807, 2.05) is 17.8 Å². The summed E-state index contributed by atoms with van der Waals surface area (Å²) in [5.41, 5.74) is 6.44. The van der Waals surface area contributed by atoms with Crippen LogP contribution in [0.1, 0.15) is 20.3 Å². The molecule has 0 aliphatic heterocycles. The van der Waals surface area contributed by atoms with E-state index in [0.29, 0.717) is 0 Å². The van der Waals surface area contributed by atoms with E-state index in [1.54, 1.807) is 0 Å². The molecule has 0 saturated carbocycles. The molecule has 0 spiro atoms. The van der Waals surface area contributed by atoms with E-state index in [4.69, 9.17) is 5.73 Å². The molecule has 84 valence electrons. The zero-order valence-electron chi connectivity index (χ0n) is 8.49. The van der Waals surface area contributed by atoms with Gasteiger partial charge in [-0.2, -0.15) is 5.10 Å². The summed E-state index contributed by atoms with van der Waals surface area (Å²) < 4.78 is 1.83. The minimum Gasteiger partial charge on any atom is -0.394 e. The van der Waals surface area contributed by atoms with Gasteiger partial charge in [0.2, 0.25) is 0 Å². The number of nitrogen functional groups attached to an aromatic ring is 1. The first-order valence-corrected chi connectivity index (χ1v) is 4.34. The van der Waals surface area contributed by atoms with Crippen LogP contribution in [0.25, 0.3) is 0 Å². The highest BCUT2D eigenvalue weighted by molar-refractivity contribution is 5.85. The lowest BCUT2D eigenvalue weighted by atomic mass is 10.4. The molecule has 0 unspecified atom stereocenters. The second kappa shape index (κ2) is 7.76. The molecule has 0 aliphatic carbocycles. The van der Waals surface area contributed by atoms with Crippen molar-refractivity contribution in [1.29, 1.82) is 0 Å². The predicted molar refractivity (Wildman–Crippen MR) is 65.6 cm³/mol. The van der Waals surface area contributed by atoms with E-state index in [2.05, 4.69) is 17.3 Å². The van der Waals surface area contributed by atoms with Crippen LogP contribution in [0.3, 0.4) is 0 Å². The van der Waals surface area contributed by atoms with Crippen molar-refractivity contribution in [3.05, 3.63) is 6.20 Å². The highest BCUT2D eigenvalue weighted by Crippen LogP contribution is 2.14. The SMILES string of the molecule is CCCNc1nn(CC)cc1N.Cl.Cl. The van der Waals surface area contributed by atoms with Crippen LogP contribution in [0.15, 0.2) is 6.20 Å². The second-order valence-electron chi connectivity index (χ2n) is 2.72. The quantitative estimate of drug-likeness (QED) is 0.849. The van der Waals surface area contributed by atoms with Crippen LogP contribution in [0.5, 0.6) is 0 Å². The molecule has 1 rings (SSSR count). The Bertz CT molecular complexity index is 249. The number of aryl methyl sites for hydroxylation is 1. The molecule has 4 nitrogen and oxygen atoms in total. The molecule has 3 N–H and O–H groups in total. The standard InChI is InChI=1S/C8H16N4.2ClH/c1-3-5-10-8-7(9)6-12(4-2)11-8;;/h6H,3-5,9H2,1-2H3,(H,10,11);2*1H. The van der Waals surface area contributed by atoms with Gasteiger partial charge in [-0.15, -0.1) is 24.8 Å². The number of nitrogens with one attached hydrogen (secondary N) is 1. The first-order chi connectivity index (χ1) is 5.77. The topological polar surface area (TPSA) is 55.9 Å². The zero-order valence-corrected chi connectivity index (χ0v) is 10.1. The van der Waals surface area contributed by atoms with Crippen molar-refractivity contribution >= 4 is 36.3 Å². The van der Waals surface area contributed by atoms with Crippen LogP contribution < -0.4 is 11.1 Å². The zero-order chi connectivity index (χ0) is 8.97. The summed E-state index contributed by atoms with van der Waals surface area (Å²) in [6.07, 6.45) is 2.93. The van der Waals surface area contributed by atoms with Crippen molar-refractivity contribution in [1.82, 2.24) is 9.78 Å². The molecule has 0 bridgehead atoms. The molecule has 1 heterocycles. The van der Waals surface area contributed by atoms with Crippen LogP contribution in [-0.2, 0) is 6.54 Å². The minimum absolute atomic E-state index is 0. The summed E-state index contributed by atoms with van der Waals surface area (Å²) >= 11 is 0. The number of anilines is 2. The average molecular weight is 241 g/mol. The van der Waals surface area contributed by atoms with Crippen molar-refractivity contribution in [2.75, 3.05) is 17.6 Å². The number of nitrogens with zero attached hydrogens (tertiary/aromatic N) is 2. The molecular formula is C8H18Cl2N4. The van der Waals surface area contributed by atoms with Gasteiger partial charge in [0.15, 0.2) is 5.82 Å². The third kappa shape index (κ3) is 4.07. The lowest BCUT2D eigenvalue weighted by Gasteiger charge is -1.99. The van der Waals surface area contributed by atoms with E-state index in [9.17, 15) is 0 Å². The van der Waals surface area contributed by atoms with Gasteiger partial charge >= 0.3 is 0 Å². The van der Waals surface area contributed by atoms with E-state index in [1.165, 1.54) is 0 Å². The Kier molecular flexibility index (Phi) is 8.79. The van der Waals surface area contributed by atoms with Gasteiger partial charge < -0.3 is 11.1 Å². The lowest BCUT2D eigenvalue weighted by molar-refractivity contribution is 0.661. The van der Waals surface area contributed by atoms with Gasteiger partial charge in [0.1, 0.15) is 0 Å². The predicted octanol–water partition coefficient (Wildman–Crippen LogP) is 2.15. The van der Waals surface area contributed by atoms with Crippen LogP contribution in [0.4, 0.5) is 11.5 Å². The molecule has 0 radical (unpaired) electrons. The monoisotopic (exact) mass is 240 g/mol. The van der Waals surface area contributed by atoms with Gasteiger partial charge in [-0.25, -0.2) is 0 Å². The summed E-state index contributed by atoms with van der Waals surface area (Å²) in [6, 6.07) is 0. The van der Waals surface area contributed by atoms with Crippen LogP contribution >= 0.6 is 24.8 Å². The largest absolute Gasteiger partial charge is 0.394 e. The van der Waals surface area contributed by atoms with Crippen LogP contribution in [0.2, 0.25) is 0 Å². The maximum Gasteiger partial charge on any atom is 0.171 e. The van der Waals surface area contributed by atoms with Gasteiger partial charge in [0.05, 0.1) is 11.9 Å². The van der Waals surface area contributed by atoms with E-state index in [0.717, 1.165) is 31.0 Å². The molecule has 0 saturated heterocycles. The Labute approximate surface area is 97.1 Å². The molecule has 0 aromatic carbocycles. The van der Waals surface area contributed by atoms with Gasteiger partial charge in [0.25, 0.3) is 0 Å². The summed E-state index contributed by atoms with van der Waals surface area (Å²) in [7, 11) is 0. The average Bonchev–Trinajstić information content (AvgIpc) is 2.43. The Morgan fingerprint density at radius 2 is 2.07 bits per heavy atom. The first kappa shape index (κ1) is 15.8. The van der Waals surface area contributed by atoms with Crippen LogP contribution in [0, 0.1) is 0 Å². The fourth-order valence-electron chi connectivity index (χ4n) is 0.980. The molecule has 0 fully saturated rings. The summed E-state index contributed by atoms with van der Waals surface area (Å²) in [5.74, 6) is 0.804. The Balaban J connectivity index is 0. The molecular weight excluding hydrogens is 223 g/mol. The number of hydrogen-bond acceptors (Lipinski definition) is 3. The van der Waals surface area contributed by atoms with Gasteiger partial charge in [-0.05, 0) is 13.3 Å². The molecule has 1 aromatic heterocycles. The van der Waals surface area contributed by atoms with Crippen molar-refractivity contribution in [2.45, 2.75) is 26.8 Å². The summed E-state index contributed by atoms with van der Waals surface area (Å²) in [5, 5.41) is 7.41. The van der Waals surface area contributed by atoms with Crippen molar-refractivity contribution < 1.29 is 0 Å². The maximum absolute atomic E-state index is 5.71. The van der Waals surface area contributed by atoms with Crippen molar-refractivity contribution in [2.24, 2.45) is 0 Å². The third-order valence-electron chi connectivity index (χ3n) is 1.66.